The molecule has 6 heteroatoms. The van der Waals surface area contributed by atoms with Gasteiger partial charge in [-0.05, 0) is 36.2 Å². The highest BCUT2D eigenvalue weighted by molar-refractivity contribution is 8.12. The highest BCUT2D eigenvalue weighted by Crippen LogP contribution is 2.14. The maximum absolute atomic E-state index is 5.23. The number of ether oxygens (including phenoxy) is 1. The maximum atomic E-state index is 5.23. The molecular weight excluding hydrogens is 373 g/mol. The van der Waals surface area contributed by atoms with Crippen molar-refractivity contribution in [2.75, 3.05) is 19.9 Å². The third kappa shape index (κ3) is 6.74. The van der Waals surface area contributed by atoms with E-state index in [0.717, 1.165) is 23.0 Å². The van der Waals surface area contributed by atoms with Crippen LogP contribution < -0.4 is 34.0 Å². The summed E-state index contributed by atoms with van der Waals surface area (Å²) in [7, 11) is 1.64. The smallest absolute Gasteiger partial charge is 0.279 e. The molecule has 4 nitrogen and oxygen atoms in total. The topological polar surface area (TPSA) is 50.6 Å². The van der Waals surface area contributed by atoms with Gasteiger partial charge in [-0.2, -0.15) is 5.10 Å². The zero-order valence-electron chi connectivity index (χ0n) is 11.0. The number of methoxy groups -OCH3 is 1. The first kappa shape index (κ1) is 18.1. The molecule has 0 spiro atoms. The van der Waals surface area contributed by atoms with Crippen LogP contribution in [0, 0.1) is 0 Å². The van der Waals surface area contributed by atoms with E-state index in [-0.39, 0.29) is 24.0 Å². The second kappa shape index (κ2) is 11.0. The van der Waals surface area contributed by atoms with Crippen LogP contribution in [-0.2, 0) is 0 Å². The van der Waals surface area contributed by atoms with Gasteiger partial charge in [0.25, 0.3) is 5.17 Å². The SMILES string of the molecule is C=CC[NH2+]/C(=N/N=C/c1ccccc1OC)SC.[I-]. The van der Waals surface area contributed by atoms with Crippen LogP contribution in [0.1, 0.15) is 5.56 Å². The minimum absolute atomic E-state index is 0. The van der Waals surface area contributed by atoms with E-state index >= 15 is 0 Å². The summed E-state index contributed by atoms with van der Waals surface area (Å²) in [6, 6.07) is 7.69. The molecule has 0 atom stereocenters. The molecule has 104 valence electrons. The predicted octanol–water partition coefficient (Wildman–Crippen LogP) is -1.50. The molecule has 1 aromatic carbocycles. The van der Waals surface area contributed by atoms with Crippen molar-refractivity contribution in [1.29, 1.82) is 0 Å². The number of rotatable bonds is 5. The average molecular weight is 391 g/mol. The Hall–Kier alpha value is -0.860. The second-order valence-corrected chi connectivity index (χ2v) is 4.18. The Morgan fingerprint density at radius 3 is 2.84 bits per heavy atom. The fraction of sp³-hybridized carbons (Fsp3) is 0.231. The lowest BCUT2D eigenvalue weighted by Crippen LogP contribution is -3.00. The van der Waals surface area contributed by atoms with Gasteiger partial charge in [0.1, 0.15) is 12.3 Å². The Kier molecular flexibility index (Phi) is 10.5. The summed E-state index contributed by atoms with van der Waals surface area (Å²) in [4.78, 5) is 0. The molecule has 0 aliphatic rings. The van der Waals surface area contributed by atoms with Crippen molar-refractivity contribution < 1.29 is 34.0 Å². The van der Waals surface area contributed by atoms with E-state index in [1.807, 2.05) is 41.9 Å². The van der Waals surface area contributed by atoms with E-state index in [9.17, 15) is 0 Å². The monoisotopic (exact) mass is 391 g/mol. The Morgan fingerprint density at radius 1 is 1.47 bits per heavy atom. The average Bonchev–Trinajstić information content (AvgIpc) is 2.43. The molecule has 0 saturated heterocycles. The molecule has 2 N–H and O–H groups in total. The first-order valence-corrected chi connectivity index (χ1v) is 6.76. The van der Waals surface area contributed by atoms with Crippen LogP contribution in [0.15, 0.2) is 47.1 Å². The molecule has 0 saturated carbocycles. The van der Waals surface area contributed by atoms with Crippen LogP contribution in [0.2, 0.25) is 0 Å². The minimum atomic E-state index is 0. The van der Waals surface area contributed by atoms with Gasteiger partial charge in [-0.15, -0.1) is 0 Å². The number of para-hydroxylation sites is 1. The Morgan fingerprint density at radius 2 is 2.21 bits per heavy atom. The van der Waals surface area contributed by atoms with E-state index in [1.165, 1.54) is 0 Å². The molecule has 0 aliphatic carbocycles. The predicted molar refractivity (Wildman–Crippen MR) is 78.5 cm³/mol. The number of thioether (sulfide) groups is 1. The van der Waals surface area contributed by atoms with Gasteiger partial charge in [0.2, 0.25) is 0 Å². The molecule has 0 amide bonds. The molecular formula is C13H18IN3OS. The van der Waals surface area contributed by atoms with Crippen LogP contribution in [0.25, 0.3) is 0 Å². The van der Waals surface area contributed by atoms with Crippen molar-refractivity contribution in [2.45, 2.75) is 0 Å². The number of benzene rings is 1. The summed E-state index contributed by atoms with van der Waals surface area (Å²) < 4.78 is 5.23. The van der Waals surface area contributed by atoms with Crippen molar-refractivity contribution in [3.05, 3.63) is 42.5 Å². The lowest BCUT2D eigenvalue weighted by Gasteiger charge is -2.01. The van der Waals surface area contributed by atoms with Gasteiger partial charge < -0.3 is 28.7 Å². The molecule has 0 radical (unpaired) electrons. The first-order valence-electron chi connectivity index (χ1n) is 5.54. The summed E-state index contributed by atoms with van der Waals surface area (Å²) in [6.45, 7) is 4.46. The lowest BCUT2D eigenvalue weighted by molar-refractivity contribution is -0.523. The number of halogens is 1. The molecule has 1 aromatic rings. The molecule has 0 unspecified atom stereocenters. The number of quaternary nitrogens is 1. The quantitative estimate of drug-likeness (QED) is 0.219. The lowest BCUT2D eigenvalue weighted by atomic mass is 10.2. The summed E-state index contributed by atoms with van der Waals surface area (Å²) in [5, 5.41) is 11.1. The van der Waals surface area contributed by atoms with Gasteiger partial charge in [0.15, 0.2) is 0 Å². The zero-order chi connectivity index (χ0) is 13.2. The summed E-state index contributed by atoms with van der Waals surface area (Å²) >= 11 is 1.56. The van der Waals surface area contributed by atoms with Crippen molar-refractivity contribution in [1.82, 2.24) is 0 Å². The van der Waals surface area contributed by atoms with E-state index in [2.05, 4.69) is 16.8 Å². The first-order chi connectivity index (χ1) is 8.81. The van der Waals surface area contributed by atoms with E-state index < -0.39 is 0 Å². The molecule has 19 heavy (non-hydrogen) atoms. The molecule has 0 aromatic heterocycles. The Labute approximate surface area is 135 Å². The Balaban J connectivity index is 0.00000324. The Bertz CT molecular complexity index is 449. The fourth-order valence-electron chi connectivity index (χ4n) is 1.27. The highest BCUT2D eigenvalue weighted by Gasteiger charge is 1.99. The third-order valence-corrected chi connectivity index (χ3v) is 2.83. The zero-order valence-corrected chi connectivity index (χ0v) is 14.0. The van der Waals surface area contributed by atoms with Crippen LogP contribution in [0.5, 0.6) is 5.75 Å². The third-order valence-electron chi connectivity index (χ3n) is 2.16. The minimum Gasteiger partial charge on any atom is -1.00 e. The van der Waals surface area contributed by atoms with Gasteiger partial charge >= 0.3 is 0 Å². The van der Waals surface area contributed by atoms with Crippen molar-refractivity contribution in [2.24, 2.45) is 10.2 Å². The maximum Gasteiger partial charge on any atom is 0.279 e. The van der Waals surface area contributed by atoms with Crippen molar-refractivity contribution >= 4 is 23.1 Å². The number of amidine groups is 1. The molecule has 0 aliphatic heterocycles. The molecule has 1 rings (SSSR count). The van der Waals surface area contributed by atoms with Crippen LogP contribution in [0.4, 0.5) is 0 Å². The van der Waals surface area contributed by atoms with Crippen LogP contribution >= 0.6 is 11.8 Å². The van der Waals surface area contributed by atoms with Gasteiger partial charge in [-0.25, -0.2) is 0 Å². The van der Waals surface area contributed by atoms with Crippen molar-refractivity contribution in [3.8, 4) is 5.75 Å². The van der Waals surface area contributed by atoms with Gasteiger partial charge in [-0.3, -0.25) is 5.32 Å². The number of hydrogen-bond acceptors (Lipinski definition) is 4. The van der Waals surface area contributed by atoms with Crippen molar-refractivity contribution in [3.63, 3.8) is 0 Å². The highest BCUT2D eigenvalue weighted by atomic mass is 127. The van der Waals surface area contributed by atoms with Gasteiger partial charge in [0.05, 0.1) is 13.3 Å². The standard InChI is InChI=1S/C13H17N3OS.HI/c1-4-9-14-13(18-3)16-15-10-11-7-5-6-8-12(11)17-2;/h4-8,10H,1,9H2,2-3H3,(H,14,16);1H/b15-10+;. The summed E-state index contributed by atoms with van der Waals surface area (Å²) in [5.74, 6) is 0.789. The van der Waals surface area contributed by atoms with Gasteiger partial charge in [0, 0.05) is 5.56 Å². The normalized spacial score (nSPS) is 11.2. The number of nitrogens with two attached hydrogens (primary N) is 1. The van der Waals surface area contributed by atoms with E-state index in [0.29, 0.717) is 0 Å². The van der Waals surface area contributed by atoms with Crippen LogP contribution in [0.3, 0.4) is 0 Å². The van der Waals surface area contributed by atoms with Crippen LogP contribution in [-0.4, -0.2) is 31.3 Å². The molecule has 0 bridgehead atoms. The summed E-state index contributed by atoms with van der Waals surface area (Å²) in [5.41, 5.74) is 0.910. The van der Waals surface area contributed by atoms with E-state index in [1.54, 1.807) is 25.1 Å². The van der Waals surface area contributed by atoms with Gasteiger partial charge in [-0.1, -0.05) is 23.8 Å². The fourth-order valence-corrected chi connectivity index (χ4v) is 1.66. The molecule has 0 heterocycles. The second-order valence-electron chi connectivity index (χ2n) is 3.36. The largest absolute Gasteiger partial charge is 1.00 e. The molecule has 0 fully saturated rings. The summed E-state index contributed by atoms with van der Waals surface area (Å²) in [6.07, 6.45) is 5.49. The number of nitrogens with zero attached hydrogens (tertiary/aromatic N) is 2. The van der Waals surface area contributed by atoms with E-state index in [4.69, 9.17) is 4.74 Å². The number of hydrogen-bond donors (Lipinski definition) is 1.